The maximum Gasteiger partial charge on any atom is 0.260 e. The molecular weight excluding hydrogens is 385 g/mol. The minimum atomic E-state index is -0.325. The predicted molar refractivity (Wildman–Crippen MR) is 98.7 cm³/mol. The smallest absolute Gasteiger partial charge is 0.260 e. The number of aryl methyl sites for hydroxylation is 2. The number of aromatic nitrogens is 4. The van der Waals surface area contributed by atoms with E-state index in [4.69, 9.17) is 34.8 Å². The fourth-order valence-corrected chi connectivity index (χ4v) is 3.12. The van der Waals surface area contributed by atoms with Crippen LogP contribution in [0.3, 0.4) is 0 Å². The molecule has 0 spiro atoms. The zero-order valence-electron chi connectivity index (χ0n) is 13.4. The lowest BCUT2D eigenvalue weighted by atomic mass is 10.2. The summed E-state index contributed by atoms with van der Waals surface area (Å²) >= 11 is 18.5. The Kier molecular flexibility index (Phi) is 5.03. The van der Waals surface area contributed by atoms with E-state index >= 15 is 0 Å². The Labute approximate surface area is 159 Å². The van der Waals surface area contributed by atoms with Gasteiger partial charge < -0.3 is 5.32 Å². The van der Waals surface area contributed by atoms with E-state index in [1.807, 2.05) is 0 Å². The van der Waals surface area contributed by atoms with Gasteiger partial charge in [-0.25, -0.2) is 0 Å². The summed E-state index contributed by atoms with van der Waals surface area (Å²) in [5.41, 5.74) is 1.81. The molecule has 1 amide bonds. The van der Waals surface area contributed by atoms with Crippen LogP contribution >= 0.6 is 34.8 Å². The highest BCUT2D eigenvalue weighted by molar-refractivity contribution is 6.36. The number of anilines is 1. The molecule has 0 aliphatic carbocycles. The summed E-state index contributed by atoms with van der Waals surface area (Å²) in [6, 6.07) is 5.27. The molecule has 0 atom stereocenters. The third-order valence-corrected chi connectivity index (χ3v) is 4.57. The third kappa shape index (κ3) is 3.81. The van der Waals surface area contributed by atoms with Crippen LogP contribution in [0, 0.1) is 6.92 Å². The van der Waals surface area contributed by atoms with Gasteiger partial charge >= 0.3 is 0 Å². The molecule has 1 N–H and O–H groups in total. The van der Waals surface area contributed by atoms with E-state index in [0.29, 0.717) is 32.9 Å². The summed E-state index contributed by atoms with van der Waals surface area (Å²) in [5.74, 6) is -0.0633. The molecule has 1 aromatic carbocycles. The molecule has 2 aromatic heterocycles. The molecule has 25 heavy (non-hydrogen) atoms. The van der Waals surface area contributed by atoms with Crippen LogP contribution in [-0.4, -0.2) is 25.5 Å². The average molecular weight is 399 g/mol. The van der Waals surface area contributed by atoms with Crippen LogP contribution in [0.5, 0.6) is 0 Å². The summed E-state index contributed by atoms with van der Waals surface area (Å²) in [6.45, 7) is 2.09. The van der Waals surface area contributed by atoms with E-state index in [0.717, 1.165) is 5.56 Å². The number of carbonyl (C=O) groups is 1. The Morgan fingerprint density at radius 2 is 1.80 bits per heavy atom. The van der Waals surface area contributed by atoms with Crippen LogP contribution in [-0.2, 0) is 13.6 Å². The third-order valence-electron chi connectivity index (χ3n) is 3.59. The molecule has 0 fully saturated rings. The van der Waals surface area contributed by atoms with Gasteiger partial charge in [0.1, 0.15) is 5.02 Å². The van der Waals surface area contributed by atoms with Gasteiger partial charge in [-0.2, -0.15) is 10.2 Å². The first kappa shape index (κ1) is 17.8. The van der Waals surface area contributed by atoms with Gasteiger partial charge in [0.25, 0.3) is 5.91 Å². The summed E-state index contributed by atoms with van der Waals surface area (Å²) in [6.07, 6.45) is 3.24. The zero-order valence-corrected chi connectivity index (χ0v) is 15.7. The number of rotatable bonds is 4. The van der Waals surface area contributed by atoms with Crippen LogP contribution in [0.25, 0.3) is 0 Å². The highest BCUT2D eigenvalue weighted by Crippen LogP contribution is 2.27. The van der Waals surface area contributed by atoms with Crippen molar-refractivity contribution in [3.63, 3.8) is 0 Å². The molecular formula is C16H14Cl3N5O. The van der Waals surface area contributed by atoms with Crippen molar-refractivity contribution in [3.8, 4) is 0 Å². The maximum absolute atomic E-state index is 12.4. The fraction of sp³-hybridized carbons (Fsp3) is 0.188. The Morgan fingerprint density at radius 3 is 2.40 bits per heavy atom. The molecule has 3 aromatic rings. The molecule has 0 aliphatic rings. The first-order chi connectivity index (χ1) is 11.8. The van der Waals surface area contributed by atoms with Crippen molar-refractivity contribution >= 4 is 46.5 Å². The molecule has 0 radical (unpaired) electrons. The second-order valence-corrected chi connectivity index (χ2v) is 6.70. The SMILES string of the molecule is Cc1nn(C)cc1C(=O)Nc1nn(Cc2c(Cl)cccc2Cl)cc1Cl. The van der Waals surface area contributed by atoms with Crippen molar-refractivity contribution in [1.82, 2.24) is 19.6 Å². The van der Waals surface area contributed by atoms with Crippen LogP contribution in [0.1, 0.15) is 21.6 Å². The minimum absolute atomic E-state index is 0.262. The first-order valence-electron chi connectivity index (χ1n) is 7.32. The number of nitrogens with zero attached hydrogens (tertiary/aromatic N) is 4. The molecule has 130 valence electrons. The van der Waals surface area contributed by atoms with E-state index in [1.54, 1.807) is 53.9 Å². The van der Waals surface area contributed by atoms with E-state index in [1.165, 1.54) is 0 Å². The van der Waals surface area contributed by atoms with Gasteiger partial charge in [-0.15, -0.1) is 0 Å². The lowest BCUT2D eigenvalue weighted by Crippen LogP contribution is -2.13. The summed E-state index contributed by atoms with van der Waals surface area (Å²) in [4.78, 5) is 12.4. The molecule has 3 rings (SSSR count). The number of amides is 1. The predicted octanol–water partition coefficient (Wildman–Crippen LogP) is 4.19. The normalized spacial score (nSPS) is 10.9. The molecule has 0 saturated heterocycles. The van der Waals surface area contributed by atoms with Crippen molar-refractivity contribution in [2.75, 3.05) is 5.32 Å². The Balaban J connectivity index is 1.81. The van der Waals surface area contributed by atoms with Gasteiger partial charge in [0.05, 0.1) is 17.8 Å². The quantitative estimate of drug-likeness (QED) is 0.717. The summed E-state index contributed by atoms with van der Waals surface area (Å²) in [7, 11) is 1.75. The van der Waals surface area contributed by atoms with Gasteiger partial charge in [0.2, 0.25) is 0 Å². The number of hydrogen-bond donors (Lipinski definition) is 1. The van der Waals surface area contributed by atoms with E-state index in [2.05, 4.69) is 15.5 Å². The standard InChI is InChI=1S/C16H14Cl3N5O/c1-9-10(6-23(2)21-9)16(25)20-15-14(19)8-24(22-15)7-11-12(17)4-3-5-13(11)18/h3-6,8H,7H2,1-2H3,(H,20,22,25). The highest BCUT2D eigenvalue weighted by Gasteiger charge is 2.17. The minimum Gasteiger partial charge on any atom is -0.304 e. The second-order valence-electron chi connectivity index (χ2n) is 5.48. The van der Waals surface area contributed by atoms with Crippen molar-refractivity contribution < 1.29 is 4.79 Å². The monoisotopic (exact) mass is 397 g/mol. The van der Waals surface area contributed by atoms with Gasteiger partial charge in [0, 0.05) is 35.1 Å². The van der Waals surface area contributed by atoms with Crippen LogP contribution in [0.15, 0.2) is 30.6 Å². The topological polar surface area (TPSA) is 64.7 Å². The number of nitrogens with one attached hydrogen (secondary N) is 1. The molecule has 9 heteroatoms. The van der Waals surface area contributed by atoms with Crippen molar-refractivity contribution in [2.24, 2.45) is 7.05 Å². The van der Waals surface area contributed by atoms with Crippen LogP contribution in [0.4, 0.5) is 5.82 Å². The van der Waals surface area contributed by atoms with Crippen LogP contribution < -0.4 is 5.32 Å². The van der Waals surface area contributed by atoms with E-state index in [-0.39, 0.29) is 11.7 Å². The number of hydrogen-bond acceptors (Lipinski definition) is 3. The van der Waals surface area contributed by atoms with Gasteiger partial charge in [-0.05, 0) is 19.1 Å². The number of benzene rings is 1. The lowest BCUT2D eigenvalue weighted by Gasteiger charge is -2.06. The van der Waals surface area contributed by atoms with Crippen molar-refractivity contribution in [2.45, 2.75) is 13.5 Å². The largest absolute Gasteiger partial charge is 0.304 e. The van der Waals surface area contributed by atoms with Gasteiger partial charge in [0.15, 0.2) is 5.82 Å². The zero-order chi connectivity index (χ0) is 18.1. The summed E-state index contributed by atoms with van der Waals surface area (Å²) in [5, 5.41) is 12.5. The van der Waals surface area contributed by atoms with E-state index < -0.39 is 0 Å². The lowest BCUT2D eigenvalue weighted by molar-refractivity contribution is 0.102. The van der Waals surface area contributed by atoms with Gasteiger partial charge in [-0.1, -0.05) is 40.9 Å². The molecule has 6 nitrogen and oxygen atoms in total. The maximum atomic E-state index is 12.4. The van der Waals surface area contributed by atoms with Crippen molar-refractivity contribution in [3.05, 3.63) is 62.5 Å². The van der Waals surface area contributed by atoms with Crippen molar-refractivity contribution in [1.29, 1.82) is 0 Å². The molecule has 0 aliphatic heterocycles. The van der Waals surface area contributed by atoms with Gasteiger partial charge in [-0.3, -0.25) is 14.2 Å². The second kappa shape index (κ2) is 7.07. The highest BCUT2D eigenvalue weighted by atomic mass is 35.5. The van der Waals surface area contributed by atoms with E-state index in [9.17, 15) is 4.79 Å². The Morgan fingerprint density at radius 1 is 1.12 bits per heavy atom. The Hall–Kier alpha value is -2.02. The number of halogens is 3. The summed E-state index contributed by atoms with van der Waals surface area (Å²) < 4.78 is 3.14. The molecule has 0 bridgehead atoms. The first-order valence-corrected chi connectivity index (χ1v) is 8.46. The fourth-order valence-electron chi connectivity index (χ4n) is 2.41. The number of carbonyl (C=O) groups excluding carboxylic acids is 1. The molecule has 0 saturated carbocycles. The average Bonchev–Trinajstić information content (AvgIpc) is 3.05. The molecule has 0 unspecified atom stereocenters. The molecule has 2 heterocycles. The van der Waals surface area contributed by atoms with Crippen LogP contribution in [0.2, 0.25) is 15.1 Å². The Bertz CT molecular complexity index is 927.